The molecule has 1 aromatic heterocycles. The number of nitrogens with one attached hydrogen (secondary N) is 1. The number of carbonyl (C=O) groups excluding carboxylic acids is 2. The number of imidazole rings is 1. The van der Waals surface area contributed by atoms with Gasteiger partial charge in [-0.2, -0.15) is 0 Å². The van der Waals surface area contributed by atoms with Gasteiger partial charge in [-0.15, -0.1) is 0 Å². The zero-order chi connectivity index (χ0) is 24.0. The van der Waals surface area contributed by atoms with Gasteiger partial charge in [0.2, 0.25) is 5.91 Å². The van der Waals surface area contributed by atoms with Crippen molar-refractivity contribution in [1.29, 1.82) is 0 Å². The fourth-order valence-corrected chi connectivity index (χ4v) is 4.12. The first-order valence-electron chi connectivity index (χ1n) is 12.0. The maximum atomic E-state index is 13.4. The van der Waals surface area contributed by atoms with E-state index in [2.05, 4.69) is 33.0 Å². The zero-order valence-electron chi connectivity index (χ0n) is 20.5. The summed E-state index contributed by atoms with van der Waals surface area (Å²) in [6.07, 6.45) is 2.38. The highest BCUT2D eigenvalue weighted by atomic mass is 16.2. The van der Waals surface area contributed by atoms with Crippen LogP contribution in [-0.2, 0) is 17.8 Å². The van der Waals surface area contributed by atoms with Gasteiger partial charge in [0.1, 0.15) is 12.4 Å². The van der Waals surface area contributed by atoms with Crippen LogP contribution < -0.4 is 5.32 Å². The minimum atomic E-state index is -0.103. The van der Waals surface area contributed by atoms with Crippen LogP contribution in [0, 0.1) is 6.92 Å². The number of rotatable bonds is 10. The third-order valence-electron chi connectivity index (χ3n) is 6.39. The number of aryl methyl sites for hydroxylation is 1. The fourth-order valence-electron chi connectivity index (χ4n) is 4.12. The van der Waals surface area contributed by atoms with Crippen LogP contribution in [0.2, 0.25) is 0 Å². The van der Waals surface area contributed by atoms with Crippen molar-refractivity contribution >= 4 is 22.8 Å². The Bertz CT molecular complexity index is 1080. The average Bonchev–Trinajstić information content (AvgIpc) is 3.16. The van der Waals surface area contributed by atoms with Gasteiger partial charge in [0.05, 0.1) is 11.0 Å². The summed E-state index contributed by atoms with van der Waals surface area (Å²) in [5, 5.41) is 2.98. The van der Waals surface area contributed by atoms with Crippen molar-refractivity contribution in [2.45, 2.75) is 72.5 Å². The van der Waals surface area contributed by atoms with Crippen molar-refractivity contribution in [2.24, 2.45) is 0 Å². The van der Waals surface area contributed by atoms with Crippen molar-refractivity contribution in [3.63, 3.8) is 0 Å². The lowest BCUT2D eigenvalue weighted by atomic mass is 10.1. The van der Waals surface area contributed by atoms with Gasteiger partial charge in [-0.25, -0.2) is 4.98 Å². The molecule has 0 spiro atoms. The Morgan fingerprint density at radius 3 is 2.27 bits per heavy atom. The van der Waals surface area contributed by atoms with Crippen LogP contribution in [0.4, 0.5) is 0 Å². The molecule has 3 rings (SSSR count). The standard InChI is InChI=1S/C27H36N4O2/c1-6-20(4)31(21(5)7-2)26(32)18-30-24-11-9-8-10-23(24)29-25(30)16-17-28-27(33)22-14-12-19(3)13-15-22/h8-15,20-21H,6-7,16-18H2,1-5H3,(H,28,33). The van der Waals surface area contributed by atoms with E-state index in [-0.39, 0.29) is 30.4 Å². The van der Waals surface area contributed by atoms with Crippen LogP contribution in [0.15, 0.2) is 48.5 Å². The number of para-hydroxylation sites is 2. The monoisotopic (exact) mass is 448 g/mol. The first-order valence-corrected chi connectivity index (χ1v) is 12.0. The predicted molar refractivity (Wildman–Crippen MR) is 133 cm³/mol. The van der Waals surface area contributed by atoms with Gasteiger partial charge in [-0.05, 0) is 57.9 Å². The van der Waals surface area contributed by atoms with Gasteiger partial charge >= 0.3 is 0 Å². The molecule has 1 N–H and O–H groups in total. The quantitative estimate of drug-likeness (QED) is 0.487. The van der Waals surface area contributed by atoms with Crippen LogP contribution in [0.1, 0.15) is 62.3 Å². The SMILES string of the molecule is CCC(C)N(C(=O)Cn1c(CCNC(=O)c2ccc(C)cc2)nc2ccccc21)C(C)CC. The number of hydrogen-bond acceptors (Lipinski definition) is 3. The molecule has 0 saturated carbocycles. The number of amides is 2. The van der Waals surface area contributed by atoms with E-state index in [0.29, 0.717) is 18.5 Å². The molecule has 0 aliphatic carbocycles. The molecule has 33 heavy (non-hydrogen) atoms. The van der Waals surface area contributed by atoms with Crippen molar-refractivity contribution in [1.82, 2.24) is 19.8 Å². The molecule has 0 aliphatic heterocycles. The van der Waals surface area contributed by atoms with Gasteiger partial charge < -0.3 is 14.8 Å². The number of benzene rings is 2. The van der Waals surface area contributed by atoms with E-state index in [1.807, 2.05) is 64.9 Å². The van der Waals surface area contributed by atoms with E-state index < -0.39 is 0 Å². The first-order chi connectivity index (χ1) is 15.8. The van der Waals surface area contributed by atoms with Crippen LogP contribution in [0.3, 0.4) is 0 Å². The summed E-state index contributed by atoms with van der Waals surface area (Å²) in [7, 11) is 0. The summed E-state index contributed by atoms with van der Waals surface area (Å²) in [5.74, 6) is 0.808. The van der Waals surface area contributed by atoms with Gasteiger partial charge in [0.25, 0.3) is 5.91 Å². The molecule has 3 aromatic rings. The highest BCUT2D eigenvalue weighted by Gasteiger charge is 2.25. The van der Waals surface area contributed by atoms with E-state index in [1.165, 1.54) is 0 Å². The molecule has 2 amide bonds. The third kappa shape index (κ3) is 5.81. The Balaban J connectivity index is 1.78. The molecule has 0 saturated heterocycles. The van der Waals surface area contributed by atoms with Crippen molar-refractivity contribution in [3.05, 3.63) is 65.5 Å². The molecule has 0 bridgehead atoms. The molecule has 176 valence electrons. The Kier molecular flexibility index (Phi) is 8.26. The van der Waals surface area contributed by atoms with Gasteiger partial charge in [-0.1, -0.05) is 43.7 Å². The number of fused-ring (bicyclic) bond motifs is 1. The van der Waals surface area contributed by atoms with Crippen molar-refractivity contribution in [2.75, 3.05) is 6.54 Å². The molecule has 6 heteroatoms. The Morgan fingerprint density at radius 1 is 1.00 bits per heavy atom. The Hall–Kier alpha value is -3.15. The summed E-state index contributed by atoms with van der Waals surface area (Å²) in [5.41, 5.74) is 3.57. The maximum absolute atomic E-state index is 13.4. The molecule has 6 nitrogen and oxygen atoms in total. The largest absolute Gasteiger partial charge is 0.352 e. The summed E-state index contributed by atoms with van der Waals surface area (Å²) in [4.78, 5) is 32.7. The van der Waals surface area contributed by atoms with E-state index in [0.717, 1.165) is 35.3 Å². The number of carbonyl (C=O) groups is 2. The molecule has 2 atom stereocenters. The second kappa shape index (κ2) is 11.1. The number of aromatic nitrogens is 2. The molecule has 0 fully saturated rings. The Morgan fingerprint density at radius 2 is 1.64 bits per heavy atom. The predicted octanol–water partition coefficient (Wildman–Crippen LogP) is 4.74. The molecule has 0 aliphatic rings. The second-order valence-corrected chi connectivity index (χ2v) is 8.79. The highest BCUT2D eigenvalue weighted by molar-refractivity contribution is 5.94. The maximum Gasteiger partial charge on any atom is 0.251 e. The number of hydrogen-bond donors (Lipinski definition) is 1. The third-order valence-corrected chi connectivity index (χ3v) is 6.39. The van der Waals surface area contributed by atoms with Crippen LogP contribution >= 0.6 is 0 Å². The topological polar surface area (TPSA) is 67.2 Å². The lowest BCUT2D eigenvalue weighted by Gasteiger charge is -2.34. The van der Waals surface area contributed by atoms with Crippen molar-refractivity contribution < 1.29 is 9.59 Å². The van der Waals surface area contributed by atoms with Gasteiger partial charge in [-0.3, -0.25) is 9.59 Å². The lowest BCUT2D eigenvalue weighted by Crippen LogP contribution is -2.46. The zero-order valence-corrected chi connectivity index (χ0v) is 20.5. The van der Waals surface area contributed by atoms with Crippen LogP contribution in [-0.4, -0.2) is 44.9 Å². The fraction of sp³-hybridized carbons (Fsp3) is 0.444. The van der Waals surface area contributed by atoms with E-state index in [9.17, 15) is 9.59 Å². The minimum absolute atomic E-state index is 0.103. The molecule has 2 unspecified atom stereocenters. The van der Waals surface area contributed by atoms with E-state index in [4.69, 9.17) is 4.98 Å². The summed E-state index contributed by atoms with van der Waals surface area (Å²) in [6, 6.07) is 15.8. The molecular weight excluding hydrogens is 412 g/mol. The van der Waals surface area contributed by atoms with Crippen LogP contribution in [0.25, 0.3) is 11.0 Å². The van der Waals surface area contributed by atoms with E-state index in [1.54, 1.807) is 0 Å². The van der Waals surface area contributed by atoms with Gasteiger partial charge in [0, 0.05) is 30.6 Å². The smallest absolute Gasteiger partial charge is 0.251 e. The second-order valence-electron chi connectivity index (χ2n) is 8.79. The lowest BCUT2D eigenvalue weighted by molar-refractivity contribution is -0.136. The van der Waals surface area contributed by atoms with Crippen molar-refractivity contribution in [3.8, 4) is 0 Å². The molecule has 1 heterocycles. The normalized spacial score (nSPS) is 13.0. The average molecular weight is 449 g/mol. The van der Waals surface area contributed by atoms with Crippen LogP contribution in [0.5, 0.6) is 0 Å². The summed E-state index contributed by atoms with van der Waals surface area (Å²) >= 11 is 0. The first kappa shape index (κ1) is 24.5. The Labute approximate surface area is 197 Å². The number of nitrogens with zero attached hydrogens (tertiary/aromatic N) is 3. The molecule has 0 radical (unpaired) electrons. The highest BCUT2D eigenvalue weighted by Crippen LogP contribution is 2.19. The van der Waals surface area contributed by atoms with E-state index >= 15 is 0 Å². The summed E-state index contributed by atoms with van der Waals surface area (Å²) in [6.45, 7) is 11.1. The minimum Gasteiger partial charge on any atom is -0.352 e. The molecule has 2 aromatic carbocycles. The summed E-state index contributed by atoms with van der Waals surface area (Å²) < 4.78 is 2.01. The van der Waals surface area contributed by atoms with Gasteiger partial charge in [0.15, 0.2) is 0 Å². The molecular formula is C27H36N4O2.